The lowest BCUT2D eigenvalue weighted by Crippen LogP contribution is -2.18. The molecule has 108 valence electrons. The van der Waals surface area contributed by atoms with Crippen LogP contribution in [-0.4, -0.2) is 36.4 Å². The number of ether oxygens (including phenoxy) is 1. The van der Waals surface area contributed by atoms with Crippen molar-refractivity contribution in [3.8, 4) is 5.75 Å². The van der Waals surface area contributed by atoms with E-state index in [4.69, 9.17) is 4.74 Å². The van der Waals surface area contributed by atoms with Gasteiger partial charge >= 0.3 is 5.69 Å². The van der Waals surface area contributed by atoms with E-state index in [0.717, 1.165) is 6.42 Å². The summed E-state index contributed by atoms with van der Waals surface area (Å²) in [6.45, 7) is 2.35. The van der Waals surface area contributed by atoms with Crippen molar-refractivity contribution < 1.29 is 14.5 Å². The van der Waals surface area contributed by atoms with E-state index in [0.29, 0.717) is 12.2 Å². The largest absolute Gasteiger partial charge is 0.487 e. The zero-order valence-corrected chi connectivity index (χ0v) is 11.8. The van der Waals surface area contributed by atoms with Crippen molar-refractivity contribution in [1.82, 2.24) is 4.90 Å². The number of amides is 1. The number of nitro groups is 1. The zero-order valence-electron chi connectivity index (χ0n) is 11.8. The predicted octanol–water partition coefficient (Wildman–Crippen LogP) is 2.49. The van der Waals surface area contributed by atoms with Crippen LogP contribution in [0.3, 0.4) is 0 Å². The maximum Gasteiger partial charge on any atom is 0.311 e. The van der Waals surface area contributed by atoms with E-state index in [1.165, 1.54) is 17.0 Å². The fourth-order valence-electron chi connectivity index (χ4n) is 1.43. The standard InChI is InChI=1S/C14H18N2O4/c1-4-9-20-13-7-5-11(10-12(13)16(18)19)6-8-14(17)15(2)3/h5-8,10H,4,9H2,1-3H3/b8-6+. The van der Waals surface area contributed by atoms with Crippen LogP contribution in [0.5, 0.6) is 5.75 Å². The average molecular weight is 278 g/mol. The minimum atomic E-state index is -0.490. The Balaban J connectivity index is 2.98. The van der Waals surface area contributed by atoms with E-state index in [1.807, 2.05) is 6.92 Å². The van der Waals surface area contributed by atoms with E-state index in [2.05, 4.69) is 0 Å². The smallest absolute Gasteiger partial charge is 0.311 e. The van der Waals surface area contributed by atoms with Crippen molar-refractivity contribution in [3.05, 3.63) is 40.0 Å². The molecule has 6 heteroatoms. The minimum absolute atomic E-state index is 0.0992. The second-order valence-corrected chi connectivity index (χ2v) is 4.40. The highest BCUT2D eigenvalue weighted by molar-refractivity contribution is 5.91. The topological polar surface area (TPSA) is 72.7 Å². The molecule has 1 aromatic rings. The molecule has 1 rings (SSSR count). The fraction of sp³-hybridized carbons (Fsp3) is 0.357. The lowest BCUT2D eigenvalue weighted by Gasteiger charge is -2.07. The molecule has 0 N–H and O–H groups in total. The SMILES string of the molecule is CCCOc1ccc(/C=C/C(=O)N(C)C)cc1[N+](=O)[O-]. The van der Waals surface area contributed by atoms with Crippen molar-refractivity contribution in [2.24, 2.45) is 0 Å². The summed E-state index contributed by atoms with van der Waals surface area (Å²) in [6.07, 6.45) is 3.68. The van der Waals surface area contributed by atoms with Crippen LogP contribution in [0.25, 0.3) is 6.08 Å². The minimum Gasteiger partial charge on any atom is -0.487 e. The molecule has 0 aliphatic heterocycles. The first-order valence-electron chi connectivity index (χ1n) is 6.26. The van der Waals surface area contributed by atoms with Gasteiger partial charge < -0.3 is 9.64 Å². The van der Waals surface area contributed by atoms with E-state index < -0.39 is 4.92 Å². The van der Waals surface area contributed by atoms with E-state index >= 15 is 0 Å². The molecule has 0 radical (unpaired) electrons. The number of carbonyl (C=O) groups excluding carboxylic acids is 1. The first-order valence-corrected chi connectivity index (χ1v) is 6.26. The molecule has 0 aliphatic rings. The Bertz CT molecular complexity index is 524. The highest BCUT2D eigenvalue weighted by atomic mass is 16.6. The number of hydrogen-bond donors (Lipinski definition) is 0. The average Bonchev–Trinajstić information content (AvgIpc) is 2.42. The number of carbonyl (C=O) groups is 1. The molecule has 0 saturated heterocycles. The number of nitro benzene ring substituents is 1. The van der Waals surface area contributed by atoms with Gasteiger partial charge in [0.25, 0.3) is 0 Å². The normalized spacial score (nSPS) is 10.6. The van der Waals surface area contributed by atoms with Gasteiger partial charge in [0.05, 0.1) is 11.5 Å². The fourth-order valence-corrected chi connectivity index (χ4v) is 1.43. The summed E-state index contributed by atoms with van der Waals surface area (Å²) in [5.74, 6) is 0.0619. The van der Waals surface area contributed by atoms with E-state index in [-0.39, 0.29) is 17.3 Å². The zero-order chi connectivity index (χ0) is 15.1. The molecule has 0 aliphatic carbocycles. The second kappa shape index (κ2) is 7.28. The summed E-state index contributed by atoms with van der Waals surface area (Å²) in [5, 5.41) is 11.0. The van der Waals surface area contributed by atoms with Gasteiger partial charge in [0.2, 0.25) is 5.91 Å². The summed E-state index contributed by atoms with van der Waals surface area (Å²) in [6, 6.07) is 4.62. The molecule has 0 fully saturated rings. The van der Waals surface area contributed by atoms with Gasteiger partial charge in [-0.1, -0.05) is 13.0 Å². The Labute approximate surface area is 117 Å². The van der Waals surface area contributed by atoms with Gasteiger partial charge in [-0.05, 0) is 24.1 Å². The lowest BCUT2D eigenvalue weighted by atomic mass is 10.1. The van der Waals surface area contributed by atoms with E-state index in [9.17, 15) is 14.9 Å². The van der Waals surface area contributed by atoms with Crippen molar-refractivity contribution in [1.29, 1.82) is 0 Å². The number of rotatable bonds is 6. The molecule has 0 spiro atoms. The first-order chi connectivity index (χ1) is 9.45. The monoisotopic (exact) mass is 278 g/mol. The van der Waals surface area contributed by atoms with Crippen LogP contribution in [0.2, 0.25) is 0 Å². The van der Waals surface area contributed by atoms with Crippen LogP contribution in [0.4, 0.5) is 5.69 Å². The molecule has 1 amide bonds. The number of nitrogens with zero attached hydrogens (tertiary/aromatic N) is 2. The third kappa shape index (κ3) is 4.38. The maximum atomic E-state index is 11.4. The molecule has 0 aromatic heterocycles. The van der Waals surface area contributed by atoms with Gasteiger partial charge in [-0.15, -0.1) is 0 Å². The molecule has 0 atom stereocenters. The Kier molecular flexibility index (Phi) is 5.71. The van der Waals surface area contributed by atoms with Crippen LogP contribution in [0.1, 0.15) is 18.9 Å². The Morgan fingerprint density at radius 2 is 2.15 bits per heavy atom. The van der Waals surface area contributed by atoms with Gasteiger partial charge in [0.1, 0.15) is 0 Å². The molecular formula is C14H18N2O4. The van der Waals surface area contributed by atoms with Gasteiger partial charge in [0.15, 0.2) is 5.75 Å². The molecule has 0 heterocycles. The van der Waals surface area contributed by atoms with Crippen molar-refractivity contribution >= 4 is 17.7 Å². The van der Waals surface area contributed by atoms with Crippen LogP contribution in [0, 0.1) is 10.1 Å². The number of hydrogen-bond acceptors (Lipinski definition) is 4. The predicted molar refractivity (Wildman–Crippen MR) is 76.6 cm³/mol. The maximum absolute atomic E-state index is 11.4. The quantitative estimate of drug-likeness (QED) is 0.455. The van der Waals surface area contributed by atoms with Gasteiger partial charge in [-0.2, -0.15) is 0 Å². The van der Waals surface area contributed by atoms with Gasteiger partial charge in [-0.3, -0.25) is 14.9 Å². The Hall–Kier alpha value is -2.37. The molecule has 0 bridgehead atoms. The van der Waals surface area contributed by atoms with Crippen molar-refractivity contribution in [2.45, 2.75) is 13.3 Å². The van der Waals surface area contributed by atoms with E-state index in [1.54, 1.807) is 32.3 Å². The van der Waals surface area contributed by atoms with Gasteiger partial charge in [0, 0.05) is 26.2 Å². The lowest BCUT2D eigenvalue weighted by molar-refractivity contribution is -0.385. The summed E-state index contributed by atoms with van der Waals surface area (Å²) in [7, 11) is 3.27. The molecule has 20 heavy (non-hydrogen) atoms. The number of benzene rings is 1. The molecule has 0 unspecified atom stereocenters. The Morgan fingerprint density at radius 1 is 1.45 bits per heavy atom. The highest BCUT2D eigenvalue weighted by Crippen LogP contribution is 2.28. The first kappa shape index (κ1) is 15.7. The van der Waals surface area contributed by atoms with Crippen LogP contribution < -0.4 is 4.74 Å². The third-order valence-electron chi connectivity index (χ3n) is 2.50. The molecule has 1 aromatic carbocycles. The third-order valence-corrected chi connectivity index (χ3v) is 2.50. The van der Waals surface area contributed by atoms with Crippen molar-refractivity contribution in [3.63, 3.8) is 0 Å². The van der Waals surface area contributed by atoms with Crippen LogP contribution >= 0.6 is 0 Å². The summed E-state index contributed by atoms with van der Waals surface area (Å²) >= 11 is 0. The molecule has 6 nitrogen and oxygen atoms in total. The molecular weight excluding hydrogens is 260 g/mol. The summed E-state index contributed by atoms with van der Waals surface area (Å²) in [5.41, 5.74) is 0.480. The highest BCUT2D eigenvalue weighted by Gasteiger charge is 2.15. The summed E-state index contributed by atoms with van der Waals surface area (Å²) < 4.78 is 5.33. The Morgan fingerprint density at radius 3 is 2.70 bits per heavy atom. The van der Waals surface area contributed by atoms with Crippen LogP contribution in [-0.2, 0) is 4.79 Å². The van der Waals surface area contributed by atoms with Crippen molar-refractivity contribution in [2.75, 3.05) is 20.7 Å². The second-order valence-electron chi connectivity index (χ2n) is 4.40. The van der Waals surface area contributed by atoms with Gasteiger partial charge in [-0.25, -0.2) is 0 Å². The number of likely N-dealkylation sites (N-methyl/N-ethyl adjacent to an activating group) is 1. The summed E-state index contributed by atoms with van der Waals surface area (Å²) in [4.78, 5) is 23.4. The molecule has 0 saturated carbocycles. The van der Waals surface area contributed by atoms with Crippen LogP contribution in [0.15, 0.2) is 24.3 Å².